The Balaban J connectivity index is 2.43. The van der Waals surface area contributed by atoms with E-state index in [2.05, 4.69) is 5.32 Å². The average molecular weight is 287 g/mol. The number of carboxylic acid groups (broad SMARTS) is 1. The molecule has 0 bridgehead atoms. The summed E-state index contributed by atoms with van der Waals surface area (Å²) in [6, 6.07) is -1.08. The first-order valence-electron chi connectivity index (χ1n) is 6.81. The highest BCUT2D eigenvalue weighted by molar-refractivity contribution is 5.85. The Morgan fingerprint density at radius 3 is 2.75 bits per heavy atom. The molecule has 20 heavy (non-hydrogen) atoms. The van der Waals surface area contributed by atoms with Gasteiger partial charge in [0.05, 0.1) is 19.1 Å². The number of carbonyl (C=O) groups excluding carboxylic acids is 2. The highest BCUT2D eigenvalue weighted by Crippen LogP contribution is 2.14. The van der Waals surface area contributed by atoms with Crippen molar-refractivity contribution in [1.29, 1.82) is 0 Å². The molecule has 0 spiro atoms. The maximum atomic E-state index is 11.9. The van der Waals surface area contributed by atoms with E-state index in [1.54, 1.807) is 6.92 Å². The molecule has 1 unspecified atom stereocenters. The predicted octanol–water partition coefficient (Wildman–Crippen LogP) is 0.326. The molecular formula is C13H21NO6. The molecule has 0 aromatic heterocycles. The first-order chi connectivity index (χ1) is 9.54. The zero-order valence-electron chi connectivity index (χ0n) is 11.6. The van der Waals surface area contributed by atoms with E-state index >= 15 is 0 Å². The molecule has 7 heteroatoms. The molecule has 0 aliphatic carbocycles. The van der Waals surface area contributed by atoms with E-state index in [1.165, 1.54) is 0 Å². The number of hydrogen-bond acceptors (Lipinski definition) is 5. The van der Waals surface area contributed by atoms with Crippen molar-refractivity contribution in [3.63, 3.8) is 0 Å². The van der Waals surface area contributed by atoms with Crippen molar-refractivity contribution in [2.75, 3.05) is 19.8 Å². The summed E-state index contributed by atoms with van der Waals surface area (Å²) in [4.78, 5) is 34.2. The van der Waals surface area contributed by atoms with Gasteiger partial charge in [-0.25, -0.2) is 4.79 Å². The summed E-state index contributed by atoms with van der Waals surface area (Å²) in [6.07, 6.45) is 1.47. The lowest BCUT2D eigenvalue weighted by Crippen LogP contribution is -2.45. The van der Waals surface area contributed by atoms with Gasteiger partial charge in [0.2, 0.25) is 5.91 Å². The predicted molar refractivity (Wildman–Crippen MR) is 69.0 cm³/mol. The fraction of sp³-hybridized carbons (Fsp3) is 0.769. The quantitative estimate of drug-likeness (QED) is 0.654. The number of carboxylic acids is 1. The van der Waals surface area contributed by atoms with Gasteiger partial charge in [0.25, 0.3) is 0 Å². The minimum absolute atomic E-state index is 0.0213. The number of carbonyl (C=O) groups is 3. The first kappa shape index (κ1) is 16.4. The minimum Gasteiger partial charge on any atom is -0.480 e. The van der Waals surface area contributed by atoms with Crippen LogP contribution in [0.5, 0.6) is 0 Å². The molecule has 0 radical (unpaired) electrons. The lowest BCUT2D eigenvalue weighted by molar-refractivity contribution is -0.146. The van der Waals surface area contributed by atoms with Crippen LogP contribution in [0, 0.1) is 5.92 Å². The third-order valence-corrected chi connectivity index (χ3v) is 3.09. The van der Waals surface area contributed by atoms with Crippen molar-refractivity contribution in [3.8, 4) is 0 Å². The van der Waals surface area contributed by atoms with Gasteiger partial charge in [-0.05, 0) is 26.2 Å². The van der Waals surface area contributed by atoms with Crippen molar-refractivity contribution >= 4 is 17.8 Å². The lowest BCUT2D eigenvalue weighted by Gasteiger charge is -2.23. The maximum absolute atomic E-state index is 11.9. The number of nitrogens with one attached hydrogen (secondary N) is 1. The molecule has 114 valence electrons. The van der Waals surface area contributed by atoms with Crippen LogP contribution < -0.4 is 5.32 Å². The van der Waals surface area contributed by atoms with Crippen LogP contribution in [-0.4, -0.2) is 48.8 Å². The molecule has 1 aliphatic rings. The van der Waals surface area contributed by atoms with Gasteiger partial charge in [0.15, 0.2) is 0 Å². The molecule has 0 aromatic carbocycles. The Morgan fingerprint density at radius 1 is 1.45 bits per heavy atom. The molecule has 0 saturated carbocycles. The van der Waals surface area contributed by atoms with Gasteiger partial charge in [-0.1, -0.05) is 0 Å². The third kappa shape index (κ3) is 5.56. The second-order valence-electron chi connectivity index (χ2n) is 4.66. The van der Waals surface area contributed by atoms with E-state index in [4.69, 9.17) is 14.6 Å². The molecule has 2 N–H and O–H groups in total. The molecule has 1 saturated heterocycles. The Morgan fingerprint density at radius 2 is 2.20 bits per heavy atom. The number of rotatable bonds is 7. The van der Waals surface area contributed by atoms with Crippen molar-refractivity contribution in [3.05, 3.63) is 0 Å². The van der Waals surface area contributed by atoms with Gasteiger partial charge >= 0.3 is 11.9 Å². The molecule has 1 fully saturated rings. The molecule has 1 aliphatic heterocycles. The summed E-state index contributed by atoms with van der Waals surface area (Å²) in [5.41, 5.74) is 0. The van der Waals surface area contributed by atoms with Crippen LogP contribution in [0.4, 0.5) is 0 Å². The van der Waals surface area contributed by atoms with Crippen LogP contribution in [-0.2, 0) is 23.9 Å². The summed E-state index contributed by atoms with van der Waals surface area (Å²) >= 11 is 0. The van der Waals surface area contributed by atoms with Crippen LogP contribution >= 0.6 is 0 Å². The second-order valence-corrected chi connectivity index (χ2v) is 4.66. The topological polar surface area (TPSA) is 102 Å². The normalized spacial score (nSPS) is 19.9. The van der Waals surface area contributed by atoms with Crippen LogP contribution in [0.25, 0.3) is 0 Å². The van der Waals surface area contributed by atoms with Crippen LogP contribution in [0.15, 0.2) is 0 Å². The van der Waals surface area contributed by atoms with Gasteiger partial charge in [-0.15, -0.1) is 0 Å². The van der Waals surface area contributed by atoms with Gasteiger partial charge in [0.1, 0.15) is 6.04 Å². The fourth-order valence-corrected chi connectivity index (χ4v) is 1.99. The second kappa shape index (κ2) is 8.52. The Kier molecular flexibility index (Phi) is 7.00. The van der Waals surface area contributed by atoms with Crippen LogP contribution in [0.1, 0.15) is 32.6 Å². The number of hydrogen-bond donors (Lipinski definition) is 2. The Bertz CT molecular complexity index is 351. The zero-order valence-corrected chi connectivity index (χ0v) is 11.6. The number of ether oxygens (including phenoxy) is 2. The monoisotopic (exact) mass is 287 g/mol. The minimum atomic E-state index is -1.15. The van der Waals surface area contributed by atoms with E-state index in [-0.39, 0.29) is 31.3 Å². The van der Waals surface area contributed by atoms with Gasteiger partial charge < -0.3 is 19.9 Å². The smallest absolute Gasteiger partial charge is 0.326 e. The van der Waals surface area contributed by atoms with E-state index in [0.29, 0.717) is 19.6 Å². The largest absolute Gasteiger partial charge is 0.480 e. The van der Waals surface area contributed by atoms with E-state index in [9.17, 15) is 14.4 Å². The molecule has 0 aromatic rings. The average Bonchev–Trinajstić information content (AvgIpc) is 2.44. The zero-order chi connectivity index (χ0) is 15.0. The molecular weight excluding hydrogens is 266 g/mol. The molecule has 2 atom stereocenters. The molecule has 1 amide bonds. The summed E-state index contributed by atoms with van der Waals surface area (Å²) in [7, 11) is 0. The van der Waals surface area contributed by atoms with Crippen LogP contribution in [0.2, 0.25) is 0 Å². The van der Waals surface area contributed by atoms with E-state index in [0.717, 1.165) is 6.42 Å². The number of esters is 1. The first-order valence-corrected chi connectivity index (χ1v) is 6.81. The van der Waals surface area contributed by atoms with Gasteiger partial charge in [0, 0.05) is 13.0 Å². The van der Waals surface area contributed by atoms with Crippen molar-refractivity contribution in [1.82, 2.24) is 5.32 Å². The van der Waals surface area contributed by atoms with Crippen LogP contribution in [0.3, 0.4) is 0 Å². The van der Waals surface area contributed by atoms with Gasteiger partial charge in [-0.3, -0.25) is 9.59 Å². The fourth-order valence-electron chi connectivity index (χ4n) is 1.99. The van der Waals surface area contributed by atoms with Crippen molar-refractivity contribution in [2.45, 2.75) is 38.6 Å². The van der Waals surface area contributed by atoms with E-state index < -0.39 is 18.0 Å². The van der Waals surface area contributed by atoms with E-state index in [1.807, 2.05) is 0 Å². The maximum Gasteiger partial charge on any atom is 0.326 e. The molecule has 1 rings (SSSR count). The Hall–Kier alpha value is -1.63. The summed E-state index contributed by atoms with van der Waals surface area (Å²) in [6.45, 7) is 2.88. The summed E-state index contributed by atoms with van der Waals surface area (Å²) in [5.74, 6) is -2.26. The standard InChI is InChI=1S/C13H21NO6/c1-2-20-11(15)6-5-10(13(17)18)14-12(16)9-4-3-7-19-8-9/h9-10H,2-8H2,1H3,(H,14,16)(H,17,18)/t9?,10-/m0/s1. The lowest BCUT2D eigenvalue weighted by atomic mass is 10.0. The SMILES string of the molecule is CCOC(=O)CC[C@H](NC(=O)C1CCCOC1)C(=O)O. The van der Waals surface area contributed by atoms with Crippen molar-refractivity contribution in [2.24, 2.45) is 5.92 Å². The third-order valence-electron chi connectivity index (χ3n) is 3.09. The molecule has 7 nitrogen and oxygen atoms in total. The Labute approximate surface area is 117 Å². The summed E-state index contributed by atoms with van der Waals surface area (Å²) in [5, 5.41) is 11.5. The number of amides is 1. The molecule has 1 heterocycles. The summed E-state index contributed by atoms with van der Waals surface area (Å²) < 4.78 is 9.92. The van der Waals surface area contributed by atoms with Crippen molar-refractivity contribution < 1.29 is 29.0 Å². The van der Waals surface area contributed by atoms with Gasteiger partial charge in [-0.2, -0.15) is 0 Å². The highest BCUT2D eigenvalue weighted by atomic mass is 16.5. The highest BCUT2D eigenvalue weighted by Gasteiger charge is 2.27. The number of aliphatic carboxylic acids is 1.